The zero-order valence-electron chi connectivity index (χ0n) is 33.4. The highest BCUT2D eigenvalue weighted by molar-refractivity contribution is 6.20. The van der Waals surface area contributed by atoms with E-state index < -0.39 is 6.04 Å². The predicted molar refractivity (Wildman–Crippen MR) is 219 cm³/mol. The second-order valence-electron chi connectivity index (χ2n) is 17.5. The van der Waals surface area contributed by atoms with Crippen molar-refractivity contribution in [2.45, 2.75) is 110 Å². The van der Waals surface area contributed by atoms with Crippen LogP contribution in [0.4, 0.5) is 11.6 Å². The number of fused-ring (bicyclic) bond motifs is 4. The number of nitrogen functional groups attached to an aromatic ring is 1. The van der Waals surface area contributed by atoms with E-state index in [-0.39, 0.29) is 28.6 Å². The molecule has 0 saturated carbocycles. The normalized spacial score (nSPS) is 20.0. The SMILES string of the molecule is CCc1cc2c(cc1N1CCC(CCCCN3C[C@H](NC(=O)[C@@H](N)CCCn4ccnc4N)C(C)(C)C3)CC1)C(C)(C)c1[nH]c3cc(C#N)ccc3c1C2=O. The van der Waals surface area contributed by atoms with Gasteiger partial charge in [0.15, 0.2) is 11.7 Å². The number of nitriles is 1. The molecule has 0 radical (unpaired) electrons. The number of imidazole rings is 1. The Balaban J connectivity index is 0.891. The number of nitrogens with one attached hydrogen (secondary N) is 2. The molecule has 0 spiro atoms. The smallest absolute Gasteiger partial charge is 0.237 e. The number of carbonyl (C=O) groups excluding carboxylic acids is 2. The zero-order valence-corrected chi connectivity index (χ0v) is 33.4. The first kappa shape index (κ1) is 38.6. The Morgan fingerprint density at radius 1 is 1.11 bits per heavy atom. The van der Waals surface area contributed by atoms with Gasteiger partial charge in [0.25, 0.3) is 0 Å². The Bertz CT molecular complexity index is 2100. The molecule has 11 heteroatoms. The average molecular weight is 746 g/mol. The third-order valence-electron chi connectivity index (χ3n) is 12.9. The van der Waals surface area contributed by atoms with Crippen LogP contribution in [-0.2, 0) is 23.2 Å². The number of likely N-dealkylation sites (tertiary alicyclic amines) is 1. The quantitative estimate of drug-likeness (QED) is 0.116. The summed E-state index contributed by atoms with van der Waals surface area (Å²) in [6.45, 7) is 16.7. The van der Waals surface area contributed by atoms with E-state index in [1.807, 2.05) is 22.9 Å². The fourth-order valence-electron chi connectivity index (χ4n) is 9.48. The van der Waals surface area contributed by atoms with Gasteiger partial charge in [-0.2, -0.15) is 5.26 Å². The average Bonchev–Trinajstić information content (AvgIpc) is 3.85. The zero-order chi connectivity index (χ0) is 39.1. The van der Waals surface area contributed by atoms with E-state index in [1.165, 1.54) is 36.9 Å². The molecule has 3 aliphatic rings. The van der Waals surface area contributed by atoms with Gasteiger partial charge in [0.1, 0.15) is 0 Å². The fourth-order valence-corrected chi connectivity index (χ4v) is 9.48. The number of aromatic nitrogens is 3. The van der Waals surface area contributed by atoms with Crippen LogP contribution in [0.2, 0.25) is 0 Å². The Morgan fingerprint density at radius 3 is 2.60 bits per heavy atom. The molecule has 55 heavy (non-hydrogen) atoms. The van der Waals surface area contributed by atoms with E-state index in [0.717, 1.165) is 91.2 Å². The molecule has 2 aromatic heterocycles. The van der Waals surface area contributed by atoms with Crippen molar-refractivity contribution in [3.05, 3.63) is 76.2 Å². The van der Waals surface area contributed by atoms with Crippen LogP contribution >= 0.6 is 0 Å². The number of H-pyrrole nitrogens is 1. The van der Waals surface area contributed by atoms with Gasteiger partial charge >= 0.3 is 0 Å². The molecule has 2 atom stereocenters. The minimum Gasteiger partial charge on any atom is -0.371 e. The van der Waals surface area contributed by atoms with E-state index in [9.17, 15) is 14.9 Å². The number of amides is 1. The highest BCUT2D eigenvalue weighted by Crippen LogP contribution is 2.46. The molecule has 11 nitrogen and oxygen atoms in total. The fraction of sp³-hybridized carbons (Fsp3) is 0.545. The van der Waals surface area contributed by atoms with Gasteiger partial charge in [0, 0.05) is 84.4 Å². The molecule has 6 N–H and O–H groups in total. The standard InChI is InChI=1S/C44H59N9O2/c1-6-30-23-32-33(44(4,5)40-38(39(32)54)31-13-12-29(25-45)22-35(31)49-40)24-36(30)52-19-14-28(15-20-52)10-7-8-17-51-26-37(43(2,3)27-51)50-41(55)34(46)11-9-18-53-21-16-48-42(53)47/h12-13,16,21-24,28,34,37,49H,6-11,14-15,17-20,26-27,46H2,1-5H3,(H2,47,48)(H,50,55)/t34-,37-/m0/s1. The molecule has 4 aromatic rings. The lowest BCUT2D eigenvalue weighted by molar-refractivity contribution is -0.123. The first-order valence-electron chi connectivity index (χ1n) is 20.4. The van der Waals surface area contributed by atoms with Crippen molar-refractivity contribution in [1.29, 1.82) is 5.26 Å². The first-order valence-corrected chi connectivity index (χ1v) is 20.4. The monoisotopic (exact) mass is 745 g/mol. The van der Waals surface area contributed by atoms with Crippen LogP contribution in [0.25, 0.3) is 10.9 Å². The van der Waals surface area contributed by atoms with Crippen LogP contribution in [0.5, 0.6) is 0 Å². The van der Waals surface area contributed by atoms with Crippen molar-refractivity contribution < 1.29 is 9.59 Å². The number of carbonyl (C=O) groups is 2. The molecule has 0 bridgehead atoms. The number of nitrogens with two attached hydrogens (primary N) is 2. The second-order valence-corrected chi connectivity index (χ2v) is 17.5. The molecular weight excluding hydrogens is 687 g/mol. The maximum atomic E-state index is 14.1. The molecule has 0 unspecified atom stereocenters. The predicted octanol–water partition coefficient (Wildman–Crippen LogP) is 6.27. The van der Waals surface area contributed by atoms with Crippen LogP contribution in [0.15, 0.2) is 42.7 Å². The highest BCUT2D eigenvalue weighted by atomic mass is 16.2. The summed E-state index contributed by atoms with van der Waals surface area (Å²) >= 11 is 0. The Kier molecular flexibility index (Phi) is 10.9. The number of piperidine rings is 1. The summed E-state index contributed by atoms with van der Waals surface area (Å²) in [4.78, 5) is 39.8. The van der Waals surface area contributed by atoms with Crippen molar-refractivity contribution in [2.24, 2.45) is 17.1 Å². The molecular formula is C44H59N9O2. The number of aromatic amines is 1. The van der Waals surface area contributed by atoms with Gasteiger partial charge in [0.05, 0.1) is 23.2 Å². The number of hydrogen-bond acceptors (Lipinski definition) is 8. The number of anilines is 2. The van der Waals surface area contributed by atoms with E-state index >= 15 is 0 Å². The molecule has 4 heterocycles. The van der Waals surface area contributed by atoms with Crippen LogP contribution in [0.1, 0.15) is 118 Å². The summed E-state index contributed by atoms with van der Waals surface area (Å²) < 4.78 is 1.88. The maximum absolute atomic E-state index is 14.1. The molecule has 1 aliphatic carbocycles. The van der Waals surface area contributed by atoms with Gasteiger partial charge in [-0.05, 0) is 91.8 Å². The lowest BCUT2D eigenvalue weighted by Gasteiger charge is -2.38. The number of benzene rings is 2. The summed E-state index contributed by atoms with van der Waals surface area (Å²) in [5, 5.41) is 13.6. The number of hydrogen-bond donors (Lipinski definition) is 4. The third kappa shape index (κ3) is 7.64. The number of unbranched alkanes of at least 4 members (excludes halogenated alkanes) is 1. The largest absolute Gasteiger partial charge is 0.371 e. The number of aryl methyl sites for hydroxylation is 2. The van der Waals surface area contributed by atoms with Crippen molar-refractivity contribution in [3.8, 4) is 6.07 Å². The van der Waals surface area contributed by atoms with Gasteiger partial charge < -0.3 is 36.1 Å². The number of ketones is 1. The van der Waals surface area contributed by atoms with E-state index in [4.69, 9.17) is 11.5 Å². The van der Waals surface area contributed by atoms with Gasteiger partial charge in [-0.3, -0.25) is 9.59 Å². The van der Waals surface area contributed by atoms with Gasteiger partial charge in [-0.25, -0.2) is 4.98 Å². The lowest BCUT2D eigenvalue weighted by Crippen LogP contribution is -2.50. The van der Waals surface area contributed by atoms with Crippen molar-refractivity contribution in [2.75, 3.05) is 43.4 Å². The van der Waals surface area contributed by atoms with Crippen molar-refractivity contribution in [1.82, 2.24) is 24.8 Å². The molecule has 2 aromatic carbocycles. The minimum absolute atomic E-state index is 0.00999. The van der Waals surface area contributed by atoms with Crippen LogP contribution < -0.4 is 21.7 Å². The summed E-state index contributed by atoms with van der Waals surface area (Å²) in [6, 6.07) is 11.8. The topological polar surface area (TPSA) is 162 Å². The van der Waals surface area contributed by atoms with Gasteiger partial charge in [-0.1, -0.05) is 53.5 Å². The summed E-state index contributed by atoms with van der Waals surface area (Å²) in [5.74, 6) is 1.21. The summed E-state index contributed by atoms with van der Waals surface area (Å²) in [6.07, 6.45) is 11.7. The number of rotatable bonds is 13. The van der Waals surface area contributed by atoms with E-state index in [1.54, 1.807) is 12.3 Å². The maximum Gasteiger partial charge on any atom is 0.237 e. The van der Waals surface area contributed by atoms with Crippen molar-refractivity contribution in [3.63, 3.8) is 0 Å². The van der Waals surface area contributed by atoms with E-state index in [2.05, 4.69) is 77.9 Å². The van der Waals surface area contributed by atoms with Gasteiger partial charge in [-0.15, -0.1) is 0 Å². The summed E-state index contributed by atoms with van der Waals surface area (Å²) in [5.41, 5.74) is 19.2. The molecule has 7 rings (SSSR count). The van der Waals surface area contributed by atoms with Crippen LogP contribution in [-0.4, -0.2) is 75.9 Å². The van der Waals surface area contributed by atoms with Crippen molar-refractivity contribution >= 4 is 34.2 Å². The Hall–Kier alpha value is -4.66. The summed E-state index contributed by atoms with van der Waals surface area (Å²) in [7, 11) is 0. The third-order valence-corrected chi connectivity index (χ3v) is 12.9. The highest BCUT2D eigenvalue weighted by Gasteiger charge is 2.42. The Morgan fingerprint density at radius 2 is 1.89 bits per heavy atom. The Labute approximate surface area is 325 Å². The van der Waals surface area contributed by atoms with E-state index in [0.29, 0.717) is 24.5 Å². The van der Waals surface area contributed by atoms with Crippen LogP contribution in [0.3, 0.4) is 0 Å². The first-order chi connectivity index (χ1) is 26.3. The van der Waals surface area contributed by atoms with Crippen LogP contribution in [0, 0.1) is 22.7 Å². The number of nitrogens with zero attached hydrogens (tertiary/aromatic N) is 5. The van der Waals surface area contributed by atoms with Gasteiger partial charge in [0.2, 0.25) is 5.91 Å². The second kappa shape index (κ2) is 15.5. The molecule has 2 saturated heterocycles. The molecule has 2 fully saturated rings. The lowest BCUT2D eigenvalue weighted by atomic mass is 9.70. The molecule has 292 valence electrons. The molecule has 2 aliphatic heterocycles. The molecule has 1 amide bonds. The minimum atomic E-state index is -0.535.